The van der Waals surface area contributed by atoms with Crippen LogP contribution in [0.3, 0.4) is 0 Å². The SMILES string of the molecule is C=C(C)C(=O)OCCCCOc1ccc(C(=O)OCCc2ccc(OC(=O)c3ccc(OCCCCOC(=O)C(=C)C)cc3)c(/C=N/Nc3nc4ccccc4s3)c2)cc1. The maximum atomic E-state index is 13.3. The molecular formula is C46H47N3O10S. The maximum absolute atomic E-state index is 13.3. The molecule has 5 rings (SSSR count). The van der Waals surface area contributed by atoms with Gasteiger partial charge in [-0.1, -0.05) is 42.7 Å². The van der Waals surface area contributed by atoms with E-state index in [1.807, 2.05) is 30.3 Å². The van der Waals surface area contributed by atoms with Gasteiger partial charge in [0.2, 0.25) is 5.13 Å². The zero-order valence-electron chi connectivity index (χ0n) is 33.6. The van der Waals surface area contributed by atoms with Gasteiger partial charge in [-0.25, -0.2) is 24.2 Å². The fourth-order valence-electron chi connectivity index (χ4n) is 5.27. The van der Waals surface area contributed by atoms with E-state index in [-0.39, 0.29) is 19.0 Å². The van der Waals surface area contributed by atoms with Crippen LogP contribution >= 0.6 is 11.3 Å². The van der Waals surface area contributed by atoms with Crippen molar-refractivity contribution in [1.29, 1.82) is 0 Å². The van der Waals surface area contributed by atoms with Crippen LogP contribution in [0.5, 0.6) is 17.2 Å². The Morgan fingerprint density at radius 1 is 0.683 bits per heavy atom. The Balaban J connectivity index is 1.14. The summed E-state index contributed by atoms with van der Waals surface area (Å²) >= 11 is 1.46. The quantitative estimate of drug-likeness (QED) is 0.0127. The van der Waals surface area contributed by atoms with Crippen molar-refractivity contribution in [2.45, 2.75) is 46.0 Å². The number of hydrogen-bond donors (Lipinski definition) is 1. The van der Waals surface area contributed by atoms with Crippen LogP contribution in [0.15, 0.2) is 120 Å². The normalized spacial score (nSPS) is 10.8. The standard InChI is InChI=1S/C46H47N3O10S/c1-31(2)42(50)56-26-9-7-24-54-37-18-14-34(15-19-37)44(52)58-28-23-33-13-22-40(36(29-33)30-47-49-46-48-39-11-5-6-12-41(39)60-46)59-45(53)35-16-20-38(21-17-35)55-25-8-10-27-57-43(51)32(3)4/h5-6,11-22,29-30H,1,3,7-10,23-28H2,2,4H3,(H,48,49)/b47-30+. The number of nitrogens with one attached hydrogen (secondary N) is 1. The lowest BCUT2D eigenvalue weighted by atomic mass is 10.1. The van der Waals surface area contributed by atoms with Gasteiger partial charge < -0.3 is 28.4 Å². The molecule has 0 spiro atoms. The number of unbranched alkanes of at least 4 members (excludes halogenated alkanes) is 2. The Morgan fingerprint density at radius 2 is 1.25 bits per heavy atom. The third-order valence-electron chi connectivity index (χ3n) is 8.52. The summed E-state index contributed by atoms with van der Waals surface area (Å²) < 4.78 is 34.1. The number of rotatable bonds is 23. The highest BCUT2D eigenvalue weighted by molar-refractivity contribution is 7.22. The number of nitrogens with zero attached hydrogens (tertiary/aromatic N) is 2. The van der Waals surface area contributed by atoms with Gasteiger partial charge in [-0.2, -0.15) is 5.10 Å². The van der Waals surface area contributed by atoms with Crippen molar-refractivity contribution in [2.24, 2.45) is 5.10 Å². The third kappa shape index (κ3) is 14.2. The van der Waals surface area contributed by atoms with Crippen molar-refractivity contribution in [3.63, 3.8) is 0 Å². The summed E-state index contributed by atoms with van der Waals surface area (Å²) in [6.45, 7) is 11.8. The molecule has 0 saturated heterocycles. The first-order valence-corrected chi connectivity index (χ1v) is 20.1. The Morgan fingerprint density at radius 3 is 1.83 bits per heavy atom. The first-order valence-electron chi connectivity index (χ1n) is 19.3. The van der Waals surface area contributed by atoms with Gasteiger partial charge in [0.25, 0.3) is 0 Å². The number of para-hydroxylation sites is 1. The number of thiazole rings is 1. The number of aromatic nitrogens is 1. The Hall–Kier alpha value is -6.80. The van der Waals surface area contributed by atoms with Crippen LogP contribution in [0, 0.1) is 0 Å². The predicted molar refractivity (Wildman–Crippen MR) is 230 cm³/mol. The van der Waals surface area contributed by atoms with Gasteiger partial charge in [-0.3, -0.25) is 5.43 Å². The summed E-state index contributed by atoms with van der Waals surface area (Å²) in [5, 5.41) is 4.98. The molecule has 60 heavy (non-hydrogen) atoms. The minimum Gasteiger partial charge on any atom is -0.494 e. The van der Waals surface area contributed by atoms with Crippen LogP contribution in [0.4, 0.5) is 5.13 Å². The van der Waals surface area contributed by atoms with Crippen LogP contribution in [0.1, 0.15) is 71.4 Å². The van der Waals surface area contributed by atoms with Gasteiger partial charge in [-0.05, 0) is 118 Å². The van der Waals surface area contributed by atoms with E-state index in [2.05, 4.69) is 28.7 Å². The van der Waals surface area contributed by atoms with E-state index in [1.165, 1.54) is 11.3 Å². The number of fused-ring (bicyclic) bond motifs is 1. The summed E-state index contributed by atoms with van der Waals surface area (Å²) in [4.78, 5) is 53.6. The molecule has 0 bridgehead atoms. The summed E-state index contributed by atoms with van der Waals surface area (Å²) in [5.74, 6) is -0.409. The Kier molecular flexibility index (Phi) is 17.0. The van der Waals surface area contributed by atoms with Gasteiger partial charge in [0, 0.05) is 23.1 Å². The summed E-state index contributed by atoms with van der Waals surface area (Å²) in [7, 11) is 0. The predicted octanol–water partition coefficient (Wildman–Crippen LogP) is 8.92. The smallest absolute Gasteiger partial charge is 0.343 e. The fraction of sp³-hybridized carbons (Fsp3) is 0.261. The van der Waals surface area contributed by atoms with Crippen LogP contribution in [-0.2, 0) is 30.2 Å². The van der Waals surface area contributed by atoms with Gasteiger partial charge in [0.1, 0.15) is 17.2 Å². The number of ether oxygens (including phenoxy) is 6. The van der Waals surface area contributed by atoms with E-state index in [0.717, 1.165) is 15.8 Å². The second kappa shape index (κ2) is 23.0. The number of benzene rings is 4. The summed E-state index contributed by atoms with van der Waals surface area (Å²) in [6, 6.07) is 26.3. The fourth-order valence-corrected chi connectivity index (χ4v) is 6.08. The van der Waals surface area contributed by atoms with E-state index < -0.39 is 23.9 Å². The molecule has 4 aromatic carbocycles. The number of esters is 4. The van der Waals surface area contributed by atoms with E-state index in [9.17, 15) is 19.2 Å². The molecule has 1 aromatic heterocycles. The highest BCUT2D eigenvalue weighted by Gasteiger charge is 2.14. The van der Waals surface area contributed by atoms with Crippen LogP contribution in [-0.4, -0.2) is 68.1 Å². The first kappa shape index (κ1) is 44.3. The van der Waals surface area contributed by atoms with Gasteiger partial charge in [-0.15, -0.1) is 0 Å². The van der Waals surface area contributed by atoms with E-state index in [0.29, 0.717) is 96.4 Å². The molecule has 0 amide bonds. The van der Waals surface area contributed by atoms with Crippen molar-refractivity contribution in [2.75, 3.05) is 38.5 Å². The van der Waals surface area contributed by atoms with Crippen molar-refractivity contribution in [1.82, 2.24) is 4.98 Å². The van der Waals surface area contributed by atoms with E-state index in [1.54, 1.807) is 80.7 Å². The van der Waals surface area contributed by atoms with Crippen molar-refractivity contribution in [3.05, 3.63) is 138 Å². The number of anilines is 1. The molecule has 13 nitrogen and oxygen atoms in total. The molecule has 1 heterocycles. The van der Waals surface area contributed by atoms with Crippen LogP contribution in [0.25, 0.3) is 10.2 Å². The third-order valence-corrected chi connectivity index (χ3v) is 9.46. The second-order valence-corrected chi connectivity index (χ2v) is 14.5. The molecule has 0 aliphatic rings. The average molecular weight is 834 g/mol. The van der Waals surface area contributed by atoms with Crippen molar-refractivity contribution >= 4 is 56.8 Å². The molecule has 1 N–H and O–H groups in total. The van der Waals surface area contributed by atoms with Gasteiger partial charge in [0.05, 0.1) is 60.6 Å². The number of hydrogen-bond acceptors (Lipinski definition) is 14. The van der Waals surface area contributed by atoms with E-state index in [4.69, 9.17) is 28.4 Å². The number of hydrazone groups is 1. The topological polar surface area (TPSA) is 161 Å². The molecule has 0 atom stereocenters. The molecule has 5 aromatic rings. The zero-order valence-corrected chi connectivity index (χ0v) is 34.4. The molecular weight excluding hydrogens is 787 g/mol. The molecule has 0 aliphatic heterocycles. The minimum atomic E-state index is -0.575. The van der Waals surface area contributed by atoms with Crippen LogP contribution in [0.2, 0.25) is 0 Å². The molecule has 0 unspecified atom stereocenters. The largest absolute Gasteiger partial charge is 0.494 e. The molecule has 0 radical (unpaired) electrons. The highest BCUT2D eigenvalue weighted by Crippen LogP contribution is 2.26. The zero-order chi connectivity index (χ0) is 42.7. The van der Waals surface area contributed by atoms with Crippen LogP contribution < -0.4 is 19.6 Å². The van der Waals surface area contributed by atoms with E-state index >= 15 is 0 Å². The summed E-state index contributed by atoms with van der Waals surface area (Å²) in [6.07, 6.45) is 4.59. The lowest BCUT2D eigenvalue weighted by Crippen LogP contribution is -2.11. The molecule has 0 fully saturated rings. The van der Waals surface area contributed by atoms with Crippen molar-refractivity contribution < 1.29 is 47.6 Å². The molecule has 0 aliphatic carbocycles. The summed E-state index contributed by atoms with van der Waals surface area (Å²) in [5.41, 5.74) is 6.56. The van der Waals surface area contributed by atoms with Crippen molar-refractivity contribution in [3.8, 4) is 17.2 Å². The van der Waals surface area contributed by atoms with Gasteiger partial charge in [0.15, 0.2) is 0 Å². The molecule has 312 valence electrons. The van der Waals surface area contributed by atoms with Gasteiger partial charge >= 0.3 is 23.9 Å². The minimum absolute atomic E-state index is 0.101. The lowest BCUT2D eigenvalue weighted by Gasteiger charge is -2.11. The highest BCUT2D eigenvalue weighted by atomic mass is 32.1. The lowest BCUT2D eigenvalue weighted by molar-refractivity contribution is -0.139. The molecule has 14 heteroatoms. The number of carbonyl (C=O) groups is 4. The first-order chi connectivity index (χ1) is 29.0. The maximum Gasteiger partial charge on any atom is 0.343 e. The molecule has 0 saturated carbocycles. The number of carbonyl (C=O) groups excluding carboxylic acids is 4. The average Bonchev–Trinajstić information content (AvgIpc) is 3.67. The Bertz CT molecular complexity index is 2270. The monoisotopic (exact) mass is 833 g/mol. The Labute approximate surface area is 352 Å². The second-order valence-electron chi connectivity index (χ2n) is 13.5.